The van der Waals surface area contributed by atoms with E-state index in [1.807, 2.05) is 0 Å². The van der Waals surface area contributed by atoms with Crippen LogP contribution in [0.4, 0.5) is 17.1 Å². The van der Waals surface area contributed by atoms with Crippen molar-refractivity contribution in [2.75, 3.05) is 10.1 Å². The molecule has 0 spiro atoms. The lowest BCUT2D eigenvalue weighted by molar-refractivity contribution is -0.384. The number of benzene rings is 2. The van der Waals surface area contributed by atoms with Crippen molar-refractivity contribution in [1.82, 2.24) is 0 Å². The maximum Gasteiger partial charge on any atom is 0.295 e. The molecule has 0 aliphatic heterocycles. The molecule has 2 aromatic rings. The van der Waals surface area contributed by atoms with Gasteiger partial charge in [0.15, 0.2) is 0 Å². The standard InChI is InChI=1S/C17H17ClN4O4S/c18-12-4-3-7-14(10-12)21-27(25,26)15-8-9-16(17(11-15)22(23)24)20-19-13-5-1-2-6-13/h3-4,7-11,20-21H,1-2,5-6H2. The molecule has 10 heteroatoms. The number of nitrogens with one attached hydrogen (secondary N) is 2. The van der Waals surface area contributed by atoms with Crippen molar-refractivity contribution >= 4 is 44.4 Å². The number of nitro benzene ring substituents is 1. The molecule has 2 N–H and O–H groups in total. The first-order valence-electron chi connectivity index (χ1n) is 8.23. The Morgan fingerprint density at radius 2 is 1.85 bits per heavy atom. The minimum atomic E-state index is -4.01. The monoisotopic (exact) mass is 408 g/mol. The topological polar surface area (TPSA) is 114 Å². The van der Waals surface area contributed by atoms with Crippen molar-refractivity contribution in [3.05, 3.63) is 57.6 Å². The number of sulfonamides is 1. The average molecular weight is 409 g/mol. The van der Waals surface area contributed by atoms with E-state index in [1.165, 1.54) is 24.3 Å². The predicted octanol–water partition coefficient (Wildman–Crippen LogP) is 4.39. The SMILES string of the molecule is O=[N+]([O-])c1cc(S(=O)(=O)Nc2cccc(Cl)c2)ccc1NN=C1CCCC1. The van der Waals surface area contributed by atoms with Gasteiger partial charge in [-0.25, -0.2) is 8.42 Å². The number of nitro groups is 1. The summed E-state index contributed by atoms with van der Waals surface area (Å²) >= 11 is 5.85. The number of halogens is 1. The lowest BCUT2D eigenvalue weighted by Gasteiger charge is -2.10. The van der Waals surface area contributed by atoms with Crippen LogP contribution in [0.5, 0.6) is 0 Å². The lowest BCUT2D eigenvalue weighted by atomic mass is 10.3. The van der Waals surface area contributed by atoms with Crippen LogP contribution in [-0.4, -0.2) is 19.1 Å². The molecule has 1 aliphatic carbocycles. The smallest absolute Gasteiger partial charge is 0.280 e. The van der Waals surface area contributed by atoms with Gasteiger partial charge in [0.25, 0.3) is 15.7 Å². The van der Waals surface area contributed by atoms with Crippen LogP contribution in [-0.2, 0) is 10.0 Å². The van der Waals surface area contributed by atoms with E-state index in [4.69, 9.17) is 11.6 Å². The molecule has 1 aliphatic rings. The molecule has 0 bridgehead atoms. The first kappa shape index (κ1) is 19.1. The Bertz CT molecular complexity index is 1000. The van der Waals surface area contributed by atoms with Gasteiger partial charge in [-0.2, -0.15) is 5.10 Å². The molecule has 2 aromatic carbocycles. The molecule has 1 saturated carbocycles. The van der Waals surface area contributed by atoms with Gasteiger partial charge in [-0.3, -0.25) is 20.3 Å². The van der Waals surface area contributed by atoms with Gasteiger partial charge < -0.3 is 0 Å². The van der Waals surface area contributed by atoms with Crippen LogP contribution < -0.4 is 10.1 Å². The van der Waals surface area contributed by atoms with Crippen LogP contribution in [0.15, 0.2) is 52.5 Å². The second-order valence-electron chi connectivity index (χ2n) is 6.05. The third-order valence-electron chi connectivity index (χ3n) is 4.07. The van der Waals surface area contributed by atoms with E-state index >= 15 is 0 Å². The average Bonchev–Trinajstić information content (AvgIpc) is 3.13. The van der Waals surface area contributed by atoms with Gasteiger partial charge in [-0.15, -0.1) is 0 Å². The van der Waals surface area contributed by atoms with Gasteiger partial charge in [0.2, 0.25) is 0 Å². The Hall–Kier alpha value is -2.65. The fourth-order valence-electron chi connectivity index (χ4n) is 2.72. The normalized spacial score (nSPS) is 14.0. The maximum atomic E-state index is 12.5. The molecule has 0 amide bonds. The van der Waals surface area contributed by atoms with Crippen molar-refractivity contribution in [3.8, 4) is 0 Å². The Kier molecular flexibility index (Phi) is 5.62. The second-order valence-corrected chi connectivity index (χ2v) is 8.17. The highest BCUT2D eigenvalue weighted by Gasteiger charge is 2.22. The molecule has 0 atom stereocenters. The van der Waals surface area contributed by atoms with Gasteiger partial charge in [0.05, 0.1) is 15.5 Å². The highest BCUT2D eigenvalue weighted by Crippen LogP contribution is 2.29. The highest BCUT2D eigenvalue weighted by molar-refractivity contribution is 7.92. The van der Waals surface area contributed by atoms with E-state index < -0.39 is 14.9 Å². The number of nitrogens with zero attached hydrogens (tertiary/aromatic N) is 2. The lowest BCUT2D eigenvalue weighted by Crippen LogP contribution is -2.13. The fraction of sp³-hybridized carbons (Fsp3) is 0.235. The molecule has 142 valence electrons. The van der Waals surface area contributed by atoms with E-state index in [9.17, 15) is 18.5 Å². The van der Waals surface area contributed by atoms with Gasteiger partial charge in [-0.1, -0.05) is 17.7 Å². The Labute approximate surface area is 161 Å². The van der Waals surface area contributed by atoms with E-state index in [0.717, 1.165) is 37.5 Å². The Balaban J connectivity index is 1.88. The molecular weight excluding hydrogens is 392 g/mol. The van der Waals surface area contributed by atoms with Gasteiger partial charge >= 0.3 is 0 Å². The summed E-state index contributed by atoms with van der Waals surface area (Å²) < 4.78 is 27.4. The number of hydrogen-bond acceptors (Lipinski definition) is 6. The van der Waals surface area contributed by atoms with Crippen molar-refractivity contribution < 1.29 is 13.3 Å². The zero-order valence-corrected chi connectivity index (χ0v) is 15.8. The zero-order valence-electron chi connectivity index (χ0n) is 14.2. The summed E-state index contributed by atoms with van der Waals surface area (Å²) in [6, 6.07) is 9.81. The Morgan fingerprint density at radius 3 is 2.52 bits per heavy atom. The third-order valence-corrected chi connectivity index (χ3v) is 5.68. The van der Waals surface area contributed by atoms with Gasteiger partial charge in [-0.05, 0) is 56.0 Å². The summed E-state index contributed by atoms with van der Waals surface area (Å²) in [4.78, 5) is 10.5. The first-order valence-corrected chi connectivity index (χ1v) is 10.1. The van der Waals surface area contributed by atoms with Crippen molar-refractivity contribution in [3.63, 3.8) is 0 Å². The fourth-order valence-corrected chi connectivity index (χ4v) is 3.98. The second kappa shape index (κ2) is 7.93. The molecule has 27 heavy (non-hydrogen) atoms. The van der Waals surface area contributed by atoms with Crippen LogP contribution in [0.2, 0.25) is 5.02 Å². The van der Waals surface area contributed by atoms with E-state index in [1.54, 1.807) is 12.1 Å². The largest absolute Gasteiger partial charge is 0.295 e. The van der Waals surface area contributed by atoms with Crippen LogP contribution in [0, 0.1) is 10.1 Å². The molecule has 0 heterocycles. The number of anilines is 2. The maximum absolute atomic E-state index is 12.5. The van der Waals surface area contributed by atoms with Crippen LogP contribution in [0.25, 0.3) is 0 Å². The third kappa shape index (κ3) is 4.75. The summed E-state index contributed by atoms with van der Waals surface area (Å²) in [7, 11) is -4.01. The van der Waals surface area contributed by atoms with Crippen LogP contribution in [0.1, 0.15) is 25.7 Å². The Morgan fingerprint density at radius 1 is 1.11 bits per heavy atom. The van der Waals surface area contributed by atoms with Crippen molar-refractivity contribution in [2.45, 2.75) is 30.6 Å². The highest BCUT2D eigenvalue weighted by atomic mass is 35.5. The minimum absolute atomic E-state index is 0.140. The quantitative estimate of drug-likeness (QED) is 0.543. The number of hydrazone groups is 1. The molecular formula is C17H17ClN4O4S. The summed E-state index contributed by atoms with van der Waals surface area (Å²) in [5, 5.41) is 15.9. The van der Waals surface area contributed by atoms with E-state index in [0.29, 0.717) is 5.02 Å². The predicted molar refractivity (Wildman–Crippen MR) is 105 cm³/mol. The van der Waals surface area contributed by atoms with Crippen LogP contribution >= 0.6 is 11.6 Å². The molecule has 1 fully saturated rings. The van der Waals surface area contributed by atoms with E-state index in [-0.39, 0.29) is 22.0 Å². The molecule has 0 unspecified atom stereocenters. The molecule has 0 saturated heterocycles. The molecule has 0 radical (unpaired) electrons. The molecule has 8 nitrogen and oxygen atoms in total. The summed E-state index contributed by atoms with van der Waals surface area (Å²) in [5.74, 6) is 0. The summed E-state index contributed by atoms with van der Waals surface area (Å²) in [6.45, 7) is 0. The van der Waals surface area contributed by atoms with Gasteiger partial charge in [0.1, 0.15) is 5.69 Å². The van der Waals surface area contributed by atoms with E-state index in [2.05, 4.69) is 15.2 Å². The minimum Gasteiger partial charge on any atom is -0.280 e. The number of hydrogen-bond donors (Lipinski definition) is 2. The zero-order chi connectivity index (χ0) is 19.4. The molecule has 0 aromatic heterocycles. The number of rotatable bonds is 6. The summed E-state index contributed by atoms with van der Waals surface area (Å²) in [6.07, 6.45) is 3.82. The van der Waals surface area contributed by atoms with Crippen molar-refractivity contribution in [1.29, 1.82) is 0 Å². The first-order chi connectivity index (χ1) is 12.8. The van der Waals surface area contributed by atoms with Gasteiger partial charge in [0, 0.05) is 16.8 Å². The van der Waals surface area contributed by atoms with Crippen LogP contribution in [0.3, 0.4) is 0 Å². The van der Waals surface area contributed by atoms with Crippen molar-refractivity contribution in [2.24, 2.45) is 5.10 Å². The summed E-state index contributed by atoms with van der Waals surface area (Å²) in [5.41, 5.74) is 3.67. The molecule has 3 rings (SSSR count).